The second-order valence-electron chi connectivity index (χ2n) is 6.46. The Morgan fingerprint density at radius 2 is 1.20 bits per heavy atom. The van der Waals surface area contributed by atoms with Gasteiger partial charge in [0.25, 0.3) is 0 Å². The largest absolute Gasteiger partial charge is 0.0961 e. The zero-order valence-electron chi connectivity index (χ0n) is 12.9. The van der Waals surface area contributed by atoms with Crippen LogP contribution < -0.4 is 5.19 Å². The molecule has 0 aliphatic rings. The minimum atomic E-state index is -1.41. The fourth-order valence-electron chi connectivity index (χ4n) is 2.30. The topological polar surface area (TPSA) is 0 Å². The summed E-state index contributed by atoms with van der Waals surface area (Å²) in [6.07, 6.45) is 2.32. The van der Waals surface area contributed by atoms with Crippen molar-refractivity contribution in [3.63, 3.8) is 0 Å². The van der Waals surface area contributed by atoms with E-state index in [2.05, 4.69) is 98.6 Å². The van der Waals surface area contributed by atoms with E-state index in [4.69, 9.17) is 0 Å². The summed E-state index contributed by atoms with van der Waals surface area (Å²) in [5, 5.41) is 1.58. The van der Waals surface area contributed by atoms with Crippen LogP contribution >= 0.6 is 0 Å². The summed E-state index contributed by atoms with van der Waals surface area (Å²) in [4.78, 5) is 0. The van der Waals surface area contributed by atoms with E-state index in [0.29, 0.717) is 0 Å². The van der Waals surface area contributed by atoms with E-state index in [9.17, 15) is 0 Å². The molecule has 0 fully saturated rings. The SMILES string of the molecule is C[Si](C)(/C=C\c1ccccc1)[Si](C)(C)c1ccccc1. The Balaban J connectivity index is 2.28. The number of hydrogen-bond donors (Lipinski definition) is 0. The molecule has 0 aliphatic heterocycles. The highest BCUT2D eigenvalue weighted by molar-refractivity contribution is 7.47. The van der Waals surface area contributed by atoms with Gasteiger partial charge in [0.1, 0.15) is 0 Å². The van der Waals surface area contributed by atoms with Crippen molar-refractivity contribution in [2.45, 2.75) is 26.2 Å². The van der Waals surface area contributed by atoms with E-state index in [1.165, 1.54) is 5.56 Å². The molecular formula is C18H24Si2. The van der Waals surface area contributed by atoms with Gasteiger partial charge in [-0.15, -0.1) is 0 Å². The van der Waals surface area contributed by atoms with Crippen molar-refractivity contribution in [2.24, 2.45) is 0 Å². The highest BCUT2D eigenvalue weighted by Gasteiger charge is 2.40. The zero-order valence-corrected chi connectivity index (χ0v) is 14.9. The zero-order chi connectivity index (χ0) is 14.6. The van der Waals surface area contributed by atoms with E-state index >= 15 is 0 Å². The third kappa shape index (κ3) is 3.19. The summed E-state index contributed by atoms with van der Waals surface area (Å²) in [6.45, 7) is 10.0. The van der Waals surface area contributed by atoms with Crippen LogP contribution in [0.15, 0.2) is 66.4 Å². The summed E-state index contributed by atoms with van der Waals surface area (Å²) in [5.74, 6) is 0. The van der Waals surface area contributed by atoms with Crippen molar-refractivity contribution < 1.29 is 0 Å². The normalized spacial score (nSPS) is 12.8. The summed E-state index contributed by atoms with van der Waals surface area (Å²) < 4.78 is 0. The lowest BCUT2D eigenvalue weighted by molar-refractivity contribution is 1.66. The van der Waals surface area contributed by atoms with E-state index in [-0.39, 0.29) is 0 Å². The molecule has 104 valence electrons. The van der Waals surface area contributed by atoms with Crippen LogP contribution in [0.3, 0.4) is 0 Å². The summed E-state index contributed by atoms with van der Waals surface area (Å²) in [7, 11) is -2.81. The Kier molecular flexibility index (Phi) is 4.46. The van der Waals surface area contributed by atoms with Gasteiger partial charge in [-0.05, 0) is 5.56 Å². The maximum atomic E-state index is 2.53. The first-order valence-electron chi connectivity index (χ1n) is 7.23. The lowest BCUT2D eigenvalue weighted by Crippen LogP contribution is -2.61. The third-order valence-electron chi connectivity index (χ3n) is 4.60. The van der Waals surface area contributed by atoms with Gasteiger partial charge in [0, 0.05) is 0 Å². The second kappa shape index (κ2) is 5.94. The average molecular weight is 297 g/mol. The second-order valence-corrected chi connectivity index (χ2v) is 21.7. The van der Waals surface area contributed by atoms with E-state index < -0.39 is 15.2 Å². The first kappa shape index (κ1) is 15.0. The Hall–Kier alpha value is -1.39. The summed E-state index contributed by atoms with van der Waals surface area (Å²) in [5.41, 5.74) is 3.84. The molecular weight excluding hydrogens is 272 g/mol. The van der Waals surface area contributed by atoms with Gasteiger partial charge in [-0.25, -0.2) is 0 Å². The van der Waals surface area contributed by atoms with Crippen LogP contribution in [0.25, 0.3) is 6.08 Å². The van der Waals surface area contributed by atoms with E-state index in [0.717, 1.165) is 0 Å². The van der Waals surface area contributed by atoms with Crippen LogP contribution in [0.5, 0.6) is 0 Å². The van der Waals surface area contributed by atoms with Crippen molar-refractivity contribution in [1.29, 1.82) is 0 Å². The summed E-state index contributed by atoms with van der Waals surface area (Å²) in [6, 6.07) is 21.7. The molecule has 0 aliphatic carbocycles. The molecule has 2 aromatic carbocycles. The highest BCUT2D eigenvalue weighted by Crippen LogP contribution is 2.21. The van der Waals surface area contributed by atoms with Gasteiger partial charge in [0.15, 0.2) is 0 Å². The van der Waals surface area contributed by atoms with Gasteiger partial charge in [-0.3, -0.25) is 0 Å². The Morgan fingerprint density at radius 3 is 1.75 bits per heavy atom. The smallest absolute Gasteiger partial charge is 0.0784 e. The average Bonchev–Trinajstić information content (AvgIpc) is 2.47. The molecule has 0 unspecified atom stereocenters. The van der Waals surface area contributed by atoms with Crippen molar-refractivity contribution in [2.75, 3.05) is 0 Å². The standard InChI is InChI=1S/C18H24Si2/c1-19(2,16-15-17-11-7-5-8-12-17)20(3,4)18-13-9-6-10-14-18/h5-16H,1-4H3/b16-15-. The Morgan fingerprint density at radius 1 is 0.700 bits per heavy atom. The van der Waals surface area contributed by atoms with Crippen molar-refractivity contribution in [3.8, 4) is 0 Å². The van der Waals surface area contributed by atoms with E-state index in [1.54, 1.807) is 5.19 Å². The Bertz CT molecular complexity index is 569. The molecule has 0 amide bonds. The highest BCUT2D eigenvalue weighted by atomic mass is 29.3. The van der Waals surface area contributed by atoms with Crippen molar-refractivity contribution in [1.82, 2.24) is 0 Å². The van der Waals surface area contributed by atoms with Crippen LogP contribution in [0.2, 0.25) is 26.2 Å². The van der Waals surface area contributed by atoms with Gasteiger partial charge >= 0.3 is 0 Å². The fraction of sp³-hybridized carbons (Fsp3) is 0.222. The summed E-state index contributed by atoms with van der Waals surface area (Å²) >= 11 is 0. The van der Waals surface area contributed by atoms with Crippen LogP contribution in [-0.4, -0.2) is 15.2 Å². The maximum Gasteiger partial charge on any atom is 0.0784 e. The van der Waals surface area contributed by atoms with Crippen LogP contribution in [0, 0.1) is 0 Å². The van der Waals surface area contributed by atoms with Gasteiger partial charge in [-0.1, -0.05) is 104 Å². The third-order valence-corrected chi connectivity index (χ3v) is 21.6. The maximum absolute atomic E-state index is 2.53. The molecule has 2 aromatic rings. The van der Waals surface area contributed by atoms with Crippen molar-refractivity contribution >= 4 is 26.4 Å². The lowest BCUT2D eigenvalue weighted by Gasteiger charge is -2.36. The number of hydrogen-bond acceptors (Lipinski definition) is 0. The molecule has 0 nitrogen and oxygen atoms in total. The quantitative estimate of drug-likeness (QED) is 0.721. The van der Waals surface area contributed by atoms with Crippen LogP contribution in [-0.2, 0) is 0 Å². The molecule has 0 atom stereocenters. The molecule has 20 heavy (non-hydrogen) atoms. The van der Waals surface area contributed by atoms with Crippen LogP contribution in [0.4, 0.5) is 0 Å². The minimum absolute atomic E-state index is 1.31. The van der Waals surface area contributed by atoms with Crippen LogP contribution in [0.1, 0.15) is 5.56 Å². The number of benzene rings is 2. The molecule has 0 radical (unpaired) electrons. The Labute approximate surface area is 125 Å². The van der Waals surface area contributed by atoms with Gasteiger partial charge in [0.2, 0.25) is 0 Å². The first-order chi connectivity index (χ1) is 9.43. The molecule has 0 spiro atoms. The first-order valence-corrected chi connectivity index (χ1v) is 14.3. The molecule has 0 saturated heterocycles. The van der Waals surface area contributed by atoms with Gasteiger partial charge in [0.05, 0.1) is 15.2 Å². The molecule has 0 saturated carbocycles. The van der Waals surface area contributed by atoms with E-state index in [1.807, 2.05) is 0 Å². The minimum Gasteiger partial charge on any atom is -0.0961 e. The molecule has 0 bridgehead atoms. The predicted molar refractivity (Wildman–Crippen MR) is 96.5 cm³/mol. The monoisotopic (exact) mass is 296 g/mol. The molecule has 2 rings (SSSR count). The molecule has 0 N–H and O–H groups in total. The molecule has 0 heterocycles. The molecule has 0 aromatic heterocycles. The van der Waals surface area contributed by atoms with Gasteiger partial charge < -0.3 is 0 Å². The number of rotatable bonds is 4. The lowest BCUT2D eigenvalue weighted by atomic mass is 10.2. The fourth-order valence-corrected chi connectivity index (χ4v) is 9.33. The van der Waals surface area contributed by atoms with Gasteiger partial charge in [-0.2, -0.15) is 0 Å². The molecule has 2 heteroatoms. The van der Waals surface area contributed by atoms with Crippen molar-refractivity contribution in [3.05, 3.63) is 71.9 Å². The predicted octanol–water partition coefficient (Wildman–Crippen LogP) is 4.64.